The molecule has 0 atom stereocenters. The third kappa shape index (κ3) is 5.48. The van der Waals surface area contributed by atoms with Gasteiger partial charge in [-0.25, -0.2) is 9.59 Å². The summed E-state index contributed by atoms with van der Waals surface area (Å²) in [5.41, 5.74) is -1.27. The van der Waals surface area contributed by atoms with Crippen molar-refractivity contribution >= 4 is 22.9 Å². The number of rotatable bonds is 10. The number of aryl methyl sites for hydroxylation is 2. The van der Waals surface area contributed by atoms with Crippen LogP contribution in [0.1, 0.15) is 56.2 Å². The number of hydrogen-bond donors (Lipinski definition) is 1. The first kappa shape index (κ1) is 24.6. The van der Waals surface area contributed by atoms with Crippen molar-refractivity contribution < 1.29 is 31.9 Å². The highest BCUT2D eigenvalue weighted by atomic mass is 19.4. The molecule has 0 spiro atoms. The first-order valence-corrected chi connectivity index (χ1v) is 11.1. The van der Waals surface area contributed by atoms with Crippen LogP contribution in [-0.4, -0.2) is 36.5 Å². The van der Waals surface area contributed by atoms with Gasteiger partial charge in [0.1, 0.15) is 11.3 Å². The normalized spacial score (nSPS) is 14.3. The van der Waals surface area contributed by atoms with Crippen molar-refractivity contribution in [2.45, 2.75) is 58.5 Å². The number of ether oxygens (including phenoxy) is 1. The summed E-state index contributed by atoms with van der Waals surface area (Å²) < 4.78 is 52.4. The molecule has 0 radical (unpaired) electrons. The van der Waals surface area contributed by atoms with E-state index in [4.69, 9.17) is 9.15 Å². The van der Waals surface area contributed by atoms with E-state index in [0.29, 0.717) is 61.5 Å². The van der Waals surface area contributed by atoms with Crippen LogP contribution >= 0.6 is 0 Å². The number of hydrogen-bond acceptors (Lipinski definition) is 5. The Labute approximate surface area is 188 Å². The number of amides is 3. The van der Waals surface area contributed by atoms with Gasteiger partial charge in [-0.15, -0.1) is 0 Å². The van der Waals surface area contributed by atoms with E-state index in [2.05, 4.69) is 5.32 Å². The first-order valence-electron chi connectivity index (χ1n) is 11.1. The zero-order chi connectivity index (χ0) is 24.2. The molecule has 1 fully saturated rings. The number of fused-ring (bicyclic) bond motifs is 1. The number of unbranched alkanes of at least 4 members (excludes halogenated alkanes) is 1. The number of alkyl halides is 3. The van der Waals surface area contributed by atoms with Gasteiger partial charge in [-0.3, -0.25) is 9.69 Å². The number of carbonyl (C=O) groups excluding carboxylic acids is 2. The highest BCUT2D eigenvalue weighted by Gasteiger charge is 2.36. The Morgan fingerprint density at radius 3 is 2.42 bits per heavy atom. The summed E-state index contributed by atoms with van der Waals surface area (Å²) in [6.07, 6.45) is -1.69. The van der Waals surface area contributed by atoms with Crippen molar-refractivity contribution in [3.8, 4) is 5.75 Å². The zero-order valence-electron chi connectivity index (χ0n) is 18.6. The topological polar surface area (TPSA) is 88.9 Å². The zero-order valence-corrected chi connectivity index (χ0v) is 18.6. The molecular formula is C23H27F3N2O5. The first-order chi connectivity index (χ1) is 15.7. The van der Waals surface area contributed by atoms with Crippen LogP contribution < -0.4 is 15.7 Å². The average molecular weight is 468 g/mol. The van der Waals surface area contributed by atoms with Crippen LogP contribution in [0, 0.1) is 0 Å². The SMILES string of the molecule is CCCc1c(OCCCCN2C(=O)CNC2=O)cc(CCC)c2c(C(F)(F)F)cc(=O)oc12. The minimum atomic E-state index is -4.69. The third-order valence-corrected chi connectivity index (χ3v) is 5.45. The summed E-state index contributed by atoms with van der Waals surface area (Å²) >= 11 is 0. The molecule has 0 unspecified atom stereocenters. The Kier molecular flexibility index (Phi) is 7.65. The van der Waals surface area contributed by atoms with Crippen LogP contribution in [0.25, 0.3) is 11.0 Å². The molecule has 2 aromatic rings. The van der Waals surface area contributed by atoms with Gasteiger partial charge in [-0.05, 0) is 37.3 Å². The van der Waals surface area contributed by atoms with Gasteiger partial charge in [0.05, 0.1) is 18.7 Å². The van der Waals surface area contributed by atoms with Gasteiger partial charge in [-0.2, -0.15) is 13.2 Å². The van der Waals surface area contributed by atoms with Crippen molar-refractivity contribution in [3.63, 3.8) is 0 Å². The maximum absolute atomic E-state index is 13.7. The van der Waals surface area contributed by atoms with Crippen LogP contribution in [0.15, 0.2) is 21.3 Å². The largest absolute Gasteiger partial charge is 0.493 e. The molecule has 0 aliphatic carbocycles. The van der Waals surface area contributed by atoms with E-state index in [1.54, 1.807) is 6.07 Å². The van der Waals surface area contributed by atoms with Crippen molar-refractivity contribution in [3.05, 3.63) is 39.2 Å². The van der Waals surface area contributed by atoms with E-state index in [-0.39, 0.29) is 36.6 Å². The number of carbonyl (C=O) groups is 2. The van der Waals surface area contributed by atoms with Gasteiger partial charge in [0.25, 0.3) is 0 Å². The lowest BCUT2D eigenvalue weighted by molar-refractivity contribution is -0.136. The Hall–Kier alpha value is -3.04. The molecule has 1 aliphatic rings. The Morgan fingerprint density at radius 2 is 1.82 bits per heavy atom. The monoisotopic (exact) mass is 468 g/mol. The second-order valence-corrected chi connectivity index (χ2v) is 7.95. The van der Waals surface area contributed by atoms with Crippen molar-refractivity contribution in [1.82, 2.24) is 10.2 Å². The fourth-order valence-electron chi connectivity index (χ4n) is 4.00. The van der Waals surface area contributed by atoms with Crippen LogP contribution in [0.2, 0.25) is 0 Å². The standard InChI is InChI=1S/C23H27F3N2O5/c1-3-7-14-11-17(32-10-6-5-9-28-18(29)13-27-22(28)31)15(8-4-2)21-20(14)16(23(24,25)26)12-19(30)33-21/h11-12H,3-10,13H2,1-2H3,(H,27,31). The minimum Gasteiger partial charge on any atom is -0.493 e. The Bertz CT molecular complexity index is 1080. The molecule has 0 bridgehead atoms. The van der Waals surface area contributed by atoms with Gasteiger partial charge < -0.3 is 14.5 Å². The summed E-state index contributed by atoms with van der Waals surface area (Å²) in [5.74, 6) is 0.116. The van der Waals surface area contributed by atoms with Crippen molar-refractivity contribution in [2.75, 3.05) is 19.7 Å². The maximum atomic E-state index is 13.7. The van der Waals surface area contributed by atoms with Crippen LogP contribution in [0.5, 0.6) is 5.75 Å². The quantitative estimate of drug-likeness (QED) is 0.317. The Morgan fingerprint density at radius 1 is 1.09 bits per heavy atom. The summed E-state index contributed by atoms with van der Waals surface area (Å²) in [5, 5.41) is 2.37. The van der Waals surface area contributed by atoms with Crippen molar-refractivity contribution in [1.29, 1.82) is 0 Å². The number of nitrogens with zero attached hydrogens (tertiary/aromatic N) is 1. The summed E-state index contributed by atoms with van der Waals surface area (Å²) in [6, 6.07) is 1.71. The number of nitrogens with one attached hydrogen (secondary N) is 1. The lowest BCUT2D eigenvalue weighted by Crippen LogP contribution is -2.32. The predicted octanol–water partition coefficient (Wildman–Crippen LogP) is 4.43. The summed E-state index contributed by atoms with van der Waals surface area (Å²) in [4.78, 5) is 36.4. The number of imide groups is 1. The average Bonchev–Trinajstić information content (AvgIpc) is 3.06. The second kappa shape index (κ2) is 10.3. The van der Waals surface area contributed by atoms with Crippen LogP contribution in [0.3, 0.4) is 0 Å². The van der Waals surface area contributed by atoms with Gasteiger partial charge in [0, 0.05) is 23.6 Å². The van der Waals surface area contributed by atoms with Gasteiger partial charge in [-0.1, -0.05) is 26.7 Å². The minimum absolute atomic E-state index is 0.00186. The molecule has 1 aliphatic heterocycles. The molecule has 0 saturated carbocycles. The second-order valence-electron chi connectivity index (χ2n) is 7.95. The van der Waals surface area contributed by atoms with E-state index in [1.165, 1.54) is 0 Å². The molecule has 33 heavy (non-hydrogen) atoms. The lowest BCUT2D eigenvalue weighted by Gasteiger charge is -2.19. The van der Waals surface area contributed by atoms with E-state index >= 15 is 0 Å². The smallest absolute Gasteiger partial charge is 0.417 e. The molecule has 10 heteroatoms. The summed E-state index contributed by atoms with van der Waals surface area (Å²) in [7, 11) is 0. The molecule has 2 heterocycles. The molecule has 180 valence electrons. The maximum Gasteiger partial charge on any atom is 0.417 e. The molecule has 3 amide bonds. The van der Waals surface area contributed by atoms with E-state index in [9.17, 15) is 27.6 Å². The molecule has 1 saturated heterocycles. The lowest BCUT2D eigenvalue weighted by atomic mass is 9.95. The highest BCUT2D eigenvalue weighted by molar-refractivity contribution is 6.01. The fourth-order valence-corrected chi connectivity index (χ4v) is 4.00. The van der Waals surface area contributed by atoms with E-state index in [0.717, 1.165) is 4.90 Å². The molecule has 1 aromatic carbocycles. The highest BCUT2D eigenvalue weighted by Crippen LogP contribution is 2.40. The number of urea groups is 1. The summed E-state index contributed by atoms with van der Waals surface area (Å²) in [6.45, 7) is 4.23. The number of halogens is 3. The fraction of sp³-hybridized carbons (Fsp3) is 0.522. The third-order valence-electron chi connectivity index (χ3n) is 5.45. The Balaban J connectivity index is 1.89. The van der Waals surface area contributed by atoms with Gasteiger partial charge in [0.2, 0.25) is 5.91 Å². The van der Waals surface area contributed by atoms with E-state index < -0.39 is 23.4 Å². The molecule has 7 nitrogen and oxygen atoms in total. The van der Waals surface area contributed by atoms with Crippen LogP contribution in [-0.2, 0) is 23.8 Å². The molecular weight excluding hydrogens is 441 g/mol. The number of benzene rings is 1. The predicted molar refractivity (Wildman–Crippen MR) is 115 cm³/mol. The van der Waals surface area contributed by atoms with Gasteiger partial charge >= 0.3 is 17.8 Å². The van der Waals surface area contributed by atoms with Gasteiger partial charge in [0.15, 0.2) is 0 Å². The molecule has 1 aromatic heterocycles. The van der Waals surface area contributed by atoms with E-state index in [1.807, 2.05) is 13.8 Å². The van der Waals surface area contributed by atoms with Crippen molar-refractivity contribution in [2.24, 2.45) is 0 Å². The molecule has 1 N–H and O–H groups in total. The molecule has 3 rings (SSSR count). The van der Waals surface area contributed by atoms with Crippen LogP contribution in [0.4, 0.5) is 18.0 Å².